The van der Waals surface area contributed by atoms with Crippen LogP contribution in [0.5, 0.6) is 0 Å². The standard InChI is InChI=1S/C11H13N5O5/c1-20-11(19)7-5(17)6(18)10(21-7)16-3-15-4-8(12)13-2-14-9(4)16/h2-3,5-7,10,17-18H,1H3,(H2,12,13,14)/t5-,6+,7-,10+/m0/s1. The summed E-state index contributed by atoms with van der Waals surface area (Å²) in [4.78, 5) is 23.4. The number of rotatable bonds is 2. The first-order chi connectivity index (χ1) is 10.0. The van der Waals surface area contributed by atoms with Crippen LogP contribution in [0.15, 0.2) is 12.7 Å². The van der Waals surface area contributed by atoms with Gasteiger partial charge in [0.15, 0.2) is 23.8 Å². The van der Waals surface area contributed by atoms with Crippen molar-refractivity contribution in [1.82, 2.24) is 19.5 Å². The summed E-state index contributed by atoms with van der Waals surface area (Å²) in [5.41, 5.74) is 6.33. The maximum Gasteiger partial charge on any atom is 0.337 e. The van der Waals surface area contributed by atoms with Crippen molar-refractivity contribution in [3.05, 3.63) is 12.7 Å². The Hall–Kier alpha value is -2.30. The Morgan fingerprint density at radius 1 is 1.38 bits per heavy atom. The Morgan fingerprint density at radius 3 is 2.86 bits per heavy atom. The van der Waals surface area contributed by atoms with Crippen LogP contribution in [0.1, 0.15) is 6.23 Å². The lowest BCUT2D eigenvalue weighted by molar-refractivity contribution is -0.158. The van der Waals surface area contributed by atoms with Crippen LogP contribution >= 0.6 is 0 Å². The number of ether oxygens (including phenoxy) is 2. The van der Waals surface area contributed by atoms with Gasteiger partial charge in [-0.05, 0) is 0 Å². The highest BCUT2D eigenvalue weighted by molar-refractivity contribution is 5.81. The number of nitrogen functional groups attached to an aromatic ring is 1. The number of esters is 1. The summed E-state index contributed by atoms with van der Waals surface area (Å²) in [5, 5.41) is 20.0. The summed E-state index contributed by atoms with van der Waals surface area (Å²) in [6.45, 7) is 0. The number of methoxy groups -OCH3 is 1. The van der Waals surface area contributed by atoms with E-state index in [0.29, 0.717) is 11.2 Å². The molecule has 1 aliphatic heterocycles. The fourth-order valence-corrected chi connectivity index (χ4v) is 2.26. The van der Waals surface area contributed by atoms with Gasteiger partial charge in [-0.15, -0.1) is 0 Å². The van der Waals surface area contributed by atoms with E-state index < -0.39 is 30.5 Å². The summed E-state index contributed by atoms with van der Waals surface area (Å²) in [7, 11) is 1.17. The molecule has 0 bridgehead atoms. The molecule has 0 radical (unpaired) electrons. The number of hydrogen-bond acceptors (Lipinski definition) is 9. The Labute approximate surface area is 118 Å². The van der Waals surface area contributed by atoms with Crippen LogP contribution in [0.3, 0.4) is 0 Å². The summed E-state index contributed by atoms with van der Waals surface area (Å²) in [6, 6.07) is 0. The summed E-state index contributed by atoms with van der Waals surface area (Å²) in [5.74, 6) is -0.598. The van der Waals surface area contributed by atoms with Crippen LogP contribution in [-0.4, -0.2) is 61.1 Å². The quantitative estimate of drug-likeness (QED) is 0.546. The SMILES string of the molecule is COC(=O)[C@H]1O[C@@H](n2cnc3c(N)ncnc32)[C@H](O)[C@@H]1O. The van der Waals surface area contributed by atoms with Gasteiger partial charge in [0.05, 0.1) is 13.4 Å². The zero-order chi connectivity index (χ0) is 15.1. The second-order valence-corrected chi connectivity index (χ2v) is 4.53. The number of aliphatic hydroxyl groups is 2. The largest absolute Gasteiger partial charge is 0.467 e. The maximum atomic E-state index is 11.5. The third-order valence-corrected chi connectivity index (χ3v) is 3.33. The molecule has 2 aromatic heterocycles. The third-order valence-electron chi connectivity index (χ3n) is 3.33. The summed E-state index contributed by atoms with van der Waals surface area (Å²) < 4.78 is 11.3. The second-order valence-electron chi connectivity index (χ2n) is 4.53. The first-order valence-electron chi connectivity index (χ1n) is 6.07. The van der Waals surface area contributed by atoms with Gasteiger partial charge in [0, 0.05) is 0 Å². The molecule has 3 rings (SSSR count). The minimum absolute atomic E-state index is 0.177. The average molecular weight is 295 g/mol. The lowest BCUT2D eigenvalue weighted by Crippen LogP contribution is -2.36. The van der Waals surface area contributed by atoms with Crippen molar-refractivity contribution in [2.45, 2.75) is 24.5 Å². The molecule has 4 atom stereocenters. The number of carbonyl (C=O) groups excluding carboxylic acids is 1. The van der Waals surface area contributed by atoms with Crippen molar-refractivity contribution < 1.29 is 24.5 Å². The number of aromatic nitrogens is 4. The molecule has 21 heavy (non-hydrogen) atoms. The Morgan fingerprint density at radius 2 is 2.14 bits per heavy atom. The molecule has 3 heterocycles. The van der Waals surface area contributed by atoms with Crippen molar-refractivity contribution in [1.29, 1.82) is 0 Å². The van der Waals surface area contributed by atoms with Crippen LogP contribution in [-0.2, 0) is 14.3 Å². The highest BCUT2D eigenvalue weighted by Crippen LogP contribution is 2.32. The molecule has 1 fully saturated rings. The van der Waals surface area contributed by atoms with E-state index in [1.54, 1.807) is 0 Å². The molecule has 10 heteroatoms. The van der Waals surface area contributed by atoms with Crippen molar-refractivity contribution in [3.63, 3.8) is 0 Å². The first-order valence-corrected chi connectivity index (χ1v) is 6.07. The van der Waals surface area contributed by atoms with Gasteiger partial charge < -0.3 is 25.4 Å². The first kappa shape index (κ1) is 13.7. The average Bonchev–Trinajstić information content (AvgIpc) is 3.02. The van der Waals surface area contributed by atoms with E-state index in [0.717, 1.165) is 0 Å². The van der Waals surface area contributed by atoms with E-state index in [2.05, 4.69) is 19.7 Å². The molecule has 0 aromatic carbocycles. The molecule has 1 aliphatic rings. The molecule has 2 aromatic rings. The molecule has 1 saturated heterocycles. The molecule has 0 aliphatic carbocycles. The molecule has 4 N–H and O–H groups in total. The molecule has 0 saturated carbocycles. The predicted molar refractivity (Wildman–Crippen MR) is 67.7 cm³/mol. The van der Waals surface area contributed by atoms with Crippen LogP contribution in [0, 0.1) is 0 Å². The minimum atomic E-state index is -1.42. The second kappa shape index (κ2) is 4.91. The smallest absolute Gasteiger partial charge is 0.337 e. The predicted octanol–water partition coefficient (Wildman–Crippen LogP) is -1.80. The summed E-state index contributed by atoms with van der Waals surface area (Å²) >= 11 is 0. The van der Waals surface area contributed by atoms with E-state index in [9.17, 15) is 15.0 Å². The number of carbonyl (C=O) groups is 1. The van der Waals surface area contributed by atoms with E-state index >= 15 is 0 Å². The molecular formula is C11H13N5O5. The number of aliphatic hydroxyl groups excluding tert-OH is 2. The Kier molecular flexibility index (Phi) is 3.20. The highest BCUT2D eigenvalue weighted by Gasteiger charge is 2.48. The van der Waals surface area contributed by atoms with E-state index in [1.165, 1.54) is 24.3 Å². The molecule has 10 nitrogen and oxygen atoms in total. The van der Waals surface area contributed by atoms with Gasteiger partial charge in [-0.25, -0.2) is 19.7 Å². The van der Waals surface area contributed by atoms with Gasteiger partial charge >= 0.3 is 5.97 Å². The zero-order valence-electron chi connectivity index (χ0n) is 10.9. The normalized spacial score (nSPS) is 28.9. The highest BCUT2D eigenvalue weighted by atomic mass is 16.6. The lowest BCUT2D eigenvalue weighted by Gasteiger charge is -2.16. The topological polar surface area (TPSA) is 146 Å². The molecule has 0 amide bonds. The number of imidazole rings is 1. The zero-order valence-corrected chi connectivity index (χ0v) is 10.9. The van der Waals surface area contributed by atoms with Crippen molar-refractivity contribution in [2.24, 2.45) is 0 Å². The van der Waals surface area contributed by atoms with Crippen molar-refractivity contribution in [3.8, 4) is 0 Å². The van der Waals surface area contributed by atoms with Crippen LogP contribution < -0.4 is 5.73 Å². The minimum Gasteiger partial charge on any atom is -0.467 e. The van der Waals surface area contributed by atoms with Crippen LogP contribution in [0.2, 0.25) is 0 Å². The van der Waals surface area contributed by atoms with Crippen molar-refractivity contribution >= 4 is 23.0 Å². The van der Waals surface area contributed by atoms with E-state index in [4.69, 9.17) is 10.5 Å². The summed E-state index contributed by atoms with van der Waals surface area (Å²) in [6.07, 6.45) is -2.50. The molecule has 112 valence electrons. The van der Waals surface area contributed by atoms with Gasteiger partial charge in [-0.1, -0.05) is 0 Å². The van der Waals surface area contributed by atoms with Crippen LogP contribution in [0.4, 0.5) is 5.82 Å². The number of fused-ring (bicyclic) bond motifs is 1. The van der Waals surface area contributed by atoms with Crippen LogP contribution in [0.25, 0.3) is 11.2 Å². The van der Waals surface area contributed by atoms with Gasteiger partial charge in [0.2, 0.25) is 0 Å². The van der Waals surface area contributed by atoms with Crippen molar-refractivity contribution in [2.75, 3.05) is 12.8 Å². The molecule has 0 unspecified atom stereocenters. The fraction of sp³-hybridized carbons (Fsp3) is 0.455. The molecular weight excluding hydrogens is 282 g/mol. The van der Waals surface area contributed by atoms with E-state index in [1.807, 2.05) is 0 Å². The maximum absolute atomic E-state index is 11.5. The van der Waals surface area contributed by atoms with E-state index in [-0.39, 0.29) is 5.82 Å². The van der Waals surface area contributed by atoms with Gasteiger partial charge in [-0.3, -0.25) is 4.57 Å². The lowest BCUT2D eigenvalue weighted by atomic mass is 10.1. The molecule has 0 spiro atoms. The number of anilines is 1. The number of nitrogens with zero attached hydrogens (tertiary/aromatic N) is 4. The Balaban J connectivity index is 2.00. The number of hydrogen-bond donors (Lipinski definition) is 3. The van der Waals surface area contributed by atoms with Gasteiger partial charge in [-0.2, -0.15) is 0 Å². The van der Waals surface area contributed by atoms with Gasteiger partial charge in [0.1, 0.15) is 24.1 Å². The third kappa shape index (κ3) is 2.00. The Bertz CT molecular complexity index is 689. The fourth-order valence-electron chi connectivity index (χ4n) is 2.26. The monoisotopic (exact) mass is 295 g/mol. The van der Waals surface area contributed by atoms with Gasteiger partial charge in [0.25, 0.3) is 0 Å². The number of nitrogens with two attached hydrogens (primary N) is 1.